The lowest BCUT2D eigenvalue weighted by Crippen LogP contribution is -2.11. The Bertz CT molecular complexity index is 609. The first-order valence-electron chi connectivity index (χ1n) is 6.26. The number of alkyl halides is 3. The van der Waals surface area contributed by atoms with Gasteiger partial charge in [-0.1, -0.05) is 0 Å². The van der Waals surface area contributed by atoms with Gasteiger partial charge in [-0.25, -0.2) is 0 Å². The lowest BCUT2D eigenvalue weighted by atomic mass is 10.0. The van der Waals surface area contributed by atoms with Crippen LogP contribution in [0.1, 0.15) is 24.5 Å². The molecule has 0 radical (unpaired) electrons. The molecule has 0 spiro atoms. The van der Waals surface area contributed by atoms with Crippen molar-refractivity contribution in [3.63, 3.8) is 0 Å². The van der Waals surface area contributed by atoms with Crippen molar-refractivity contribution in [3.8, 4) is 0 Å². The van der Waals surface area contributed by atoms with Gasteiger partial charge in [0.15, 0.2) is 0 Å². The number of rotatable bonds is 6. The van der Waals surface area contributed by atoms with Crippen LogP contribution in [0.4, 0.5) is 24.5 Å². The van der Waals surface area contributed by atoms with E-state index in [-0.39, 0.29) is 18.7 Å². The zero-order valence-corrected chi connectivity index (χ0v) is 11.8. The predicted molar refractivity (Wildman–Crippen MR) is 69.7 cm³/mol. The summed E-state index contributed by atoms with van der Waals surface area (Å²) in [6, 6.07) is 0.432. The SMILES string of the molecule is CCOC(=O)CCc1c([N+](=O)[O-])cc(C(F)(F)F)cc1[N+](=O)[O-]. The minimum Gasteiger partial charge on any atom is -0.466 e. The van der Waals surface area contributed by atoms with Crippen molar-refractivity contribution < 1.29 is 32.5 Å². The lowest BCUT2D eigenvalue weighted by Gasteiger charge is -2.10. The van der Waals surface area contributed by atoms with Crippen molar-refractivity contribution in [2.75, 3.05) is 6.61 Å². The number of hydrogen-bond donors (Lipinski definition) is 0. The molecule has 0 N–H and O–H groups in total. The Kier molecular flexibility index (Phi) is 5.60. The van der Waals surface area contributed by atoms with Gasteiger partial charge in [-0.05, 0) is 13.3 Å². The van der Waals surface area contributed by atoms with Gasteiger partial charge in [0.25, 0.3) is 11.4 Å². The van der Waals surface area contributed by atoms with E-state index in [0.717, 1.165) is 0 Å². The summed E-state index contributed by atoms with van der Waals surface area (Å²) in [5, 5.41) is 21.9. The normalized spacial score (nSPS) is 11.1. The first kappa shape index (κ1) is 18.3. The standard InChI is InChI=1S/C12H11F3N2O6/c1-2-23-11(18)4-3-8-9(16(19)20)5-7(12(13,14)15)6-10(8)17(21)22/h5-6H,2-4H2,1H3. The topological polar surface area (TPSA) is 113 Å². The molecule has 0 bridgehead atoms. The molecule has 0 aliphatic rings. The molecule has 1 rings (SSSR count). The first-order chi connectivity index (χ1) is 10.6. The van der Waals surface area contributed by atoms with E-state index in [1.807, 2.05) is 0 Å². The van der Waals surface area contributed by atoms with E-state index in [1.54, 1.807) is 0 Å². The molecule has 0 fully saturated rings. The first-order valence-corrected chi connectivity index (χ1v) is 6.26. The van der Waals surface area contributed by atoms with Gasteiger partial charge in [0.1, 0.15) is 5.56 Å². The maximum atomic E-state index is 12.7. The zero-order chi connectivity index (χ0) is 17.8. The highest BCUT2D eigenvalue weighted by molar-refractivity contribution is 5.70. The molecule has 0 saturated heterocycles. The number of ether oxygens (including phenoxy) is 1. The van der Waals surface area contributed by atoms with Crippen LogP contribution in [0.2, 0.25) is 0 Å². The summed E-state index contributed by atoms with van der Waals surface area (Å²) < 4.78 is 42.7. The fourth-order valence-corrected chi connectivity index (χ4v) is 1.85. The molecule has 8 nitrogen and oxygen atoms in total. The molecule has 11 heteroatoms. The second-order valence-electron chi connectivity index (χ2n) is 4.31. The van der Waals surface area contributed by atoms with E-state index in [2.05, 4.69) is 4.74 Å². The van der Waals surface area contributed by atoms with Crippen LogP contribution < -0.4 is 0 Å². The number of carbonyl (C=O) groups is 1. The Morgan fingerprint density at radius 1 is 1.17 bits per heavy atom. The Labute approximate surface area is 127 Å². The molecule has 0 heterocycles. The summed E-state index contributed by atoms with van der Waals surface area (Å²) in [4.78, 5) is 30.9. The van der Waals surface area contributed by atoms with Crippen molar-refractivity contribution in [3.05, 3.63) is 43.5 Å². The minimum absolute atomic E-state index is 0.0377. The van der Waals surface area contributed by atoms with Crippen LogP contribution in [0.25, 0.3) is 0 Å². The Morgan fingerprint density at radius 2 is 1.65 bits per heavy atom. The zero-order valence-electron chi connectivity index (χ0n) is 11.8. The average Bonchev–Trinajstić information content (AvgIpc) is 2.43. The second kappa shape index (κ2) is 7.03. The predicted octanol–water partition coefficient (Wildman–Crippen LogP) is 3.02. The lowest BCUT2D eigenvalue weighted by molar-refractivity contribution is -0.395. The highest BCUT2D eigenvalue weighted by atomic mass is 19.4. The van der Waals surface area contributed by atoms with Crippen molar-refractivity contribution in [2.45, 2.75) is 25.9 Å². The molecule has 0 saturated carbocycles. The van der Waals surface area contributed by atoms with Gasteiger partial charge in [0, 0.05) is 12.1 Å². The van der Waals surface area contributed by atoms with Gasteiger partial charge in [0.2, 0.25) is 0 Å². The van der Waals surface area contributed by atoms with Gasteiger partial charge in [-0.3, -0.25) is 25.0 Å². The second-order valence-corrected chi connectivity index (χ2v) is 4.31. The molecule has 0 amide bonds. The van der Waals surface area contributed by atoms with Gasteiger partial charge in [0.05, 0.1) is 28.4 Å². The van der Waals surface area contributed by atoms with E-state index < -0.39 is 57.3 Å². The summed E-state index contributed by atoms with van der Waals surface area (Å²) in [6.45, 7) is 1.55. The van der Waals surface area contributed by atoms with E-state index in [4.69, 9.17) is 0 Å². The van der Waals surface area contributed by atoms with Gasteiger partial charge >= 0.3 is 12.1 Å². The maximum Gasteiger partial charge on any atom is 0.416 e. The molecule has 0 aromatic heterocycles. The van der Waals surface area contributed by atoms with Crippen molar-refractivity contribution >= 4 is 17.3 Å². The third-order valence-electron chi connectivity index (χ3n) is 2.81. The Balaban J connectivity index is 3.38. The average molecular weight is 336 g/mol. The number of halogens is 3. The molecule has 0 atom stereocenters. The molecule has 0 aliphatic heterocycles. The van der Waals surface area contributed by atoms with Gasteiger partial charge < -0.3 is 4.74 Å². The summed E-state index contributed by atoms with van der Waals surface area (Å²) >= 11 is 0. The smallest absolute Gasteiger partial charge is 0.416 e. The molecular formula is C12H11F3N2O6. The maximum absolute atomic E-state index is 12.7. The number of esters is 1. The van der Waals surface area contributed by atoms with Crippen LogP contribution in [0.15, 0.2) is 12.1 Å². The van der Waals surface area contributed by atoms with Crippen LogP contribution >= 0.6 is 0 Å². The van der Waals surface area contributed by atoms with E-state index in [0.29, 0.717) is 0 Å². The Hall–Kier alpha value is -2.72. The number of hydrogen-bond acceptors (Lipinski definition) is 6. The van der Waals surface area contributed by atoms with E-state index in [9.17, 15) is 38.2 Å². The Morgan fingerprint density at radius 3 is 2.00 bits per heavy atom. The van der Waals surface area contributed by atoms with Crippen LogP contribution in [-0.4, -0.2) is 22.4 Å². The minimum atomic E-state index is -4.98. The van der Waals surface area contributed by atoms with E-state index >= 15 is 0 Å². The fraction of sp³-hybridized carbons (Fsp3) is 0.417. The molecule has 126 valence electrons. The number of nitrogens with zero attached hydrogens (tertiary/aromatic N) is 2. The molecule has 0 unspecified atom stereocenters. The summed E-state index contributed by atoms with van der Waals surface area (Å²) in [5.74, 6) is -0.768. The third kappa shape index (κ3) is 4.63. The summed E-state index contributed by atoms with van der Waals surface area (Å²) in [7, 11) is 0. The van der Waals surface area contributed by atoms with Crippen molar-refractivity contribution in [1.82, 2.24) is 0 Å². The van der Waals surface area contributed by atoms with Crippen LogP contribution in [0, 0.1) is 20.2 Å². The molecule has 1 aromatic rings. The molecular weight excluding hydrogens is 325 g/mol. The fourth-order valence-electron chi connectivity index (χ4n) is 1.85. The summed E-state index contributed by atoms with van der Waals surface area (Å²) in [6.07, 6.45) is -5.89. The highest BCUT2D eigenvalue weighted by Gasteiger charge is 2.37. The quantitative estimate of drug-likeness (QED) is 0.448. The van der Waals surface area contributed by atoms with Crippen molar-refractivity contribution in [1.29, 1.82) is 0 Å². The van der Waals surface area contributed by atoms with Crippen LogP contribution in [0.5, 0.6) is 0 Å². The molecule has 1 aromatic carbocycles. The number of nitro benzene ring substituents is 2. The number of carbonyl (C=O) groups excluding carboxylic acids is 1. The largest absolute Gasteiger partial charge is 0.466 e. The van der Waals surface area contributed by atoms with E-state index in [1.165, 1.54) is 6.92 Å². The number of benzene rings is 1. The van der Waals surface area contributed by atoms with Crippen LogP contribution in [0.3, 0.4) is 0 Å². The van der Waals surface area contributed by atoms with Gasteiger partial charge in [-0.15, -0.1) is 0 Å². The van der Waals surface area contributed by atoms with Gasteiger partial charge in [-0.2, -0.15) is 13.2 Å². The summed E-state index contributed by atoms with van der Waals surface area (Å²) in [5.41, 5.74) is -4.18. The molecule has 23 heavy (non-hydrogen) atoms. The monoisotopic (exact) mass is 336 g/mol. The third-order valence-corrected chi connectivity index (χ3v) is 2.81. The van der Waals surface area contributed by atoms with Crippen molar-refractivity contribution in [2.24, 2.45) is 0 Å². The highest BCUT2D eigenvalue weighted by Crippen LogP contribution is 2.38. The van der Waals surface area contributed by atoms with Crippen LogP contribution in [-0.2, 0) is 22.1 Å². The number of nitro groups is 2. The molecule has 0 aliphatic carbocycles.